The van der Waals surface area contributed by atoms with E-state index in [1.165, 1.54) is 0 Å². The van der Waals surface area contributed by atoms with Gasteiger partial charge in [-0.15, -0.1) is 0 Å². The van der Waals surface area contributed by atoms with E-state index in [9.17, 15) is 13.7 Å². The Labute approximate surface area is 101 Å². The number of halogens is 1. The second-order valence-electron chi connectivity index (χ2n) is 4.67. The van der Waals surface area contributed by atoms with Gasteiger partial charge in [0.2, 0.25) is 0 Å². The number of alkyl halides is 1. The van der Waals surface area contributed by atoms with Crippen LogP contribution in [0.2, 0.25) is 0 Å². The maximum Gasteiger partial charge on any atom is 0.199 e. The lowest BCUT2D eigenvalue weighted by molar-refractivity contribution is 0.00526. The van der Waals surface area contributed by atoms with Crippen LogP contribution in [0.5, 0.6) is 0 Å². The third-order valence-corrected chi connectivity index (χ3v) is 5.55. The summed E-state index contributed by atoms with van der Waals surface area (Å²) in [7, 11) is -3.10. The number of rotatable bonds is 3. The molecule has 2 unspecified atom stereocenters. The molecule has 0 aromatic heterocycles. The van der Waals surface area contributed by atoms with Crippen LogP contribution in [-0.2, 0) is 9.52 Å². The largest absolute Gasteiger partial charge is 0.386 e. The first-order valence-corrected chi connectivity index (χ1v) is 7.53. The van der Waals surface area contributed by atoms with E-state index in [2.05, 4.69) is 5.87 Å². The summed E-state index contributed by atoms with van der Waals surface area (Å²) in [5.74, 6) is 3.52. The molecule has 4 heteroatoms. The summed E-state index contributed by atoms with van der Waals surface area (Å²) in [6.07, 6.45) is 2.30. The van der Waals surface area contributed by atoms with Crippen LogP contribution in [0.4, 0.5) is 4.39 Å². The van der Waals surface area contributed by atoms with Crippen molar-refractivity contribution in [2.24, 2.45) is 0 Å². The molecule has 0 aliphatic heterocycles. The van der Waals surface area contributed by atoms with Gasteiger partial charge in [0.15, 0.2) is 5.50 Å². The molecule has 1 aliphatic rings. The van der Waals surface area contributed by atoms with Crippen LogP contribution >= 0.6 is 0 Å². The zero-order valence-corrected chi connectivity index (χ0v) is 10.5. The molecule has 1 aliphatic carbocycles. The highest BCUT2D eigenvalue weighted by Crippen LogP contribution is 2.38. The van der Waals surface area contributed by atoms with E-state index in [1.807, 2.05) is 0 Å². The predicted molar refractivity (Wildman–Crippen MR) is 68.3 cm³/mol. The van der Waals surface area contributed by atoms with Crippen molar-refractivity contribution >= 4 is 15.4 Å². The minimum absolute atomic E-state index is 0.368. The first-order valence-electron chi connectivity index (χ1n) is 5.74. The summed E-state index contributed by atoms with van der Waals surface area (Å²) >= 11 is 0. The summed E-state index contributed by atoms with van der Waals surface area (Å²) in [5, 5.41) is 10.2. The van der Waals surface area contributed by atoms with Crippen LogP contribution in [-0.4, -0.2) is 26.3 Å². The lowest BCUT2D eigenvalue weighted by Gasteiger charge is -2.29. The lowest BCUT2D eigenvalue weighted by atomic mass is 10.1. The van der Waals surface area contributed by atoms with E-state index in [4.69, 9.17) is 0 Å². The molecule has 2 rings (SSSR count). The molecule has 0 radical (unpaired) electrons. The molecule has 0 bridgehead atoms. The Balaban J connectivity index is 2.33. The minimum atomic E-state index is -3.10. The highest BCUT2D eigenvalue weighted by molar-refractivity contribution is 8.00. The maximum absolute atomic E-state index is 14.4. The zero-order chi connectivity index (χ0) is 12.5. The smallest absolute Gasteiger partial charge is 0.199 e. The van der Waals surface area contributed by atoms with Gasteiger partial charge in [-0.05, 0) is 30.8 Å². The third kappa shape index (κ3) is 2.24. The summed E-state index contributed by atoms with van der Waals surface area (Å²) in [6, 6.07) is 8.37. The van der Waals surface area contributed by atoms with Gasteiger partial charge in [0.25, 0.3) is 0 Å². The number of aliphatic hydroxyl groups is 1. The predicted octanol–water partition coefficient (Wildman–Crippen LogP) is 2.36. The Hall–Kier alpha value is -0.870. The molecule has 17 heavy (non-hydrogen) atoms. The molecule has 1 N–H and O–H groups in total. The molecule has 0 heterocycles. The van der Waals surface area contributed by atoms with Crippen molar-refractivity contribution in [2.45, 2.75) is 41.7 Å². The Bertz CT molecular complexity index is 475. The van der Waals surface area contributed by atoms with Crippen molar-refractivity contribution in [1.82, 2.24) is 0 Å². The van der Waals surface area contributed by atoms with Crippen molar-refractivity contribution in [3.8, 4) is 0 Å². The molecule has 0 spiro atoms. The summed E-state index contributed by atoms with van der Waals surface area (Å²) in [6.45, 7) is 0. The van der Waals surface area contributed by atoms with Gasteiger partial charge < -0.3 is 5.11 Å². The Kier molecular flexibility index (Phi) is 3.27. The van der Waals surface area contributed by atoms with Crippen LogP contribution in [0, 0.1) is 0 Å². The topological polar surface area (TPSA) is 37.3 Å². The lowest BCUT2D eigenvalue weighted by Crippen LogP contribution is -2.41. The second-order valence-corrected chi connectivity index (χ2v) is 7.00. The van der Waals surface area contributed by atoms with Crippen molar-refractivity contribution in [1.29, 1.82) is 0 Å². The normalized spacial score (nSPS) is 24.1. The van der Waals surface area contributed by atoms with Crippen LogP contribution in [0.25, 0.3) is 0 Å². The number of hydrogen-bond acceptors (Lipinski definition) is 2. The first-order chi connectivity index (χ1) is 7.97. The van der Waals surface area contributed by atoms with E-state index < -0.39 is 20.6 Å². The van der Waals surface area contributed by atoms with Crippen molar-refractivity contribution in [2.75, 3.05) is 0 Å². The van der Waals surface area contributed by atoms with Crippen LogP contribution in [0.15, 0.2) is 35.2 Å². The van der Waals surface area contributed by atoms with Crippen LogP contribution < -0.4 is 0 Å². The Morgan fingerprint density at radius 3 is 2.35 bits per heavy atom. The SMILES string of the molecule is C=S(=O)(c1ccccc1)C(F)C1(O)CCCC1. The first kappa shape index (κ1) is 12.6. The molecule has 94 valence electrons. The molecule has 0 saturated heterocycles. The Morgan fingerprint density at radius 2 is 1.82 bits per heavy atom. The van der Waals surface area contributed by atoms with Gasteiger partial charge in [-0.25, -0.2) is 4.39 Å². The summed E-state index contributed by atoms with van der Waals surface area (Å²) in [4.78, 5) is 0.368. The molecule has 0 amide bonds. The standard InChI is InChI=1S/C13H17FO2S/c1-17(16,11-7-3-2-4-8-11)12(14)13(15)9-5-6-10-13/h2-4,7-8,12,15H,1,5-6,9-10H2. The monoisotopic (exact) mass is 256 g/mol. The molecule has 2 nitrogen and oxygen atoms in total. The van der Waals surface area contributed by atoms with E-state index in [-0.39, 0.29) is 0 Å². The van der Waals surface area contributed by atoms with Gasteiger partial charge in [-0.2, -0.15) is 0 Å². The highest BCUT2D eigenvalue weighted by atomic mass is 32.2. The fraction of sp³-hybridized carbons (Fsp3) is 0.462. The van der Waals surface area contributed by atoms with Crippen molar-refractivity contribution in [3.63, 3.8) is 0 Å². The molecular formula is C13H17FO2S. The maximum atomic E-state index is 14.4. The van der Waals surface area contributed by atoms with Gasteiger partial charge in [-0.1, -0.05) is 31.0 Å². The average Bonchev–Trinajstić information content (AvgIpc) is 2.77. The molecule has 1 aromatic carbocycles. The van der Waals surface area contributed by atoms with E-state index in [1.54, 1.807) is 30.3 Å². The van der Waals surface area contributed by atoms with Gasteiger partial charge >= 0.3 is 0 Å². The molecular weight excluding hydrogens is 239 g/mol. The second kappa shape index (κ2) is 4.42. The van der Waals surface area contributed by atoms with Gasteiger partial charge in [0.1, 0.15) is 5.60 Å². The van der Waals surface area contributed by atoms with Gasteiger partial charge in [0, 0.05) is 14.4 Å². The van der Waals surface area contributed by atoms with Crippen LogP contribution in [0.1, 0.15) is 25.7 Å². The minimum Gasteiger partial charge on any atom is -0.386 e. The molecule has 2 atom stereocenters. The summed E-state index contributed by atoms with van der Waals surface area (Å²) in [5.41, 5.74) is -3.26. The van der Waals surface area contributed by atoms with Gasteiger partial charge in [0.05, 0.1) is 0 Å². The highest BCUT2D eigenvalue weighted by Gasteiger charge is 2.44. The fourth-order valence-electron chi connectivity index (χ4n) is 2.34. The average molecular weight is 256 g/mol. The Morgan fingerprint density at radius 1 is 1.29 bits per heavy atom. The number of benzene rings is 1. The van der Waals surface area contributed by atoms with Crippen molar-refractivity contribution < 1.29 is 13.7 Å². The van der Waals surface area contributed by atoms with E-state index >= 15 is 0 Å². The molecule has 1 fully saturated rings. The van der Waals surface area contributed by atoms with Crippen LogP contribution in [0.3, 0.4) is 0 Å². The summed E-state index contributed by atoms with van der Waals surface area (Å²) < 4.78 is 26.8. The fourth-order valence-corrected chi connectivity index (χ4v) is 4.14. The molecule has 1 saturated carbocycles. The van der Waals surface area contributed by atoms with E-state index in [0.29, 0.717) is 17.7 Å². The number of hydrogen-bond donors (Lipinski definition) is 1. The van der Waals surface area contributed by atoms with Gasteiger partial charge in [-0.3, -0.25) is 4.21 Å². The third-order valence-electron chi connectivity index (χ3n) is 3.37. The molecule has 1 aromatic rings. The quantitative estimate of drug-likeness (QED) is 0.843. The van der Waals surface area contributed by atoms with Crippen molar-refractivity contribution in [3.05, 3.63) is 30.3 Å². The zero-order valence-electron chi connectivity index (χ0n) is 9.64. The van der Waals surface area contributed by atoms with E-state index in [0.717, 1.165) is 12.8 Å².